The van der Waals surface area contributed by atoms with Crippen LogP contribution in [0, 0.1) is 5.92 Å². The van der Waals surface area contributed by atoms with E-state index < -0.39 is 0 Å². The van der Waals surface area contributed by atoms with E-state index in [2.05, 4.69) is 10.3 Å². The van der Waals surface area contributed by atoms with Gasteiger partial charge in [-0.25, -0.2) is 4.98 Å². The van der Waals surface area contributed by atoms with Gasteiger partial charge in [-0.2, -0.15) is 0 Å². The van der Waals surface area contributed by atoms with Crippen molar-refractivity contribution in [3.05, 3.63) is 35.3 Å². The Morgan fingerprint density at radius 2 is 2.04 bits per heavy atom. The van der Waals surface area contributed by atoms with Crippen LogP contribution in [0.2, 0.25) is 0 Å². The fourth-order valence-corrected chi connectivity index (χ4v) is 3.83. The number of hydrogen-bond donors (Lipinski definition) is 1. The Bertz CT molecular complexity index is 676. The lowest BCUT2D eigenvalue weighted by Gasteiger charge is -2.31. The molecule has 1 aromatic carbocycles. The van der Waals surface area contributed by atoms with Gasteiger partial charge in [-0.05, 0) is 56.6 Å². The van der Waals surface area contributed by atoms with Gasteiger partial charge in [0.05, 0.1) is 7.11 Å². The Kier molecular flexibility index (Phi) is 5.48. The molecule has 128 valence electrons. The van der Waals surface area contributed by atoms with E-state index in [-0.39, 0.29) is 5.91 Å². The van der Waals surface area contributed by atoms with E-state index in [4.69, 9.17) is 4.74 Å². The summed E-state index contributed by atoms with van der Waals surface area (Å²) in [6.07, 6.45) is 2.12. The quantitative estimate of drug-likeness (QED) is 0.905. The minimum atomic E-state index is 0.0499. The molecule has 24 heavy (non-hydrogen) atoms. The van der Waals surface area contributed by atoms with Gasteiger partial charge in [0.25, 0.3) is 5.91 Å². The van der Waals surface area contributed by atoms with Gasteiger partial charge in [0, 0.05) is 24.0 Å². The van der Waals surface area contributed by atoms with E-state index in [1.54, 1.807) is 7.11 Å². The molecule has 5 nitrogen and oxygen atoms in total. The normalized spacial score (nSPS) is 15.5. The SMILES string of the molecule is CNCC1CCN(C(=O)c2csc(-c3ccc(OC)cc3)n2)CC1. The molecular formula is C18H23N3O2S. The highest BCUT2D eigenvalue weighted by molar-refractivity contribution is 7.13. The number of carbonyl (C=O) groups excluding carboxylic acids is 1. The fraction of sp³-hybridized carbons (Fsp3) is 0.444. The van der Waals surface area contributed by atoms with Gasteiger partial charge in [0.15, 0.2) is 0 Å². The second kappa shape index (κ2) is 7.77. The standard InChI is InChI=1S/C18H23N3O2S/c1-19-11-13-7-9-21(10-8-13)18(22)16-12-24-17(20-16)14-3-5-15(23-2)6-4-14/h3-6,12-13,19H,7-11H2,1-2H3. The molecule has 1 amide bonds. The molecule has 1 saturated heterocycles. The maximum absolute atomic E-state index is 12.6. The lowest BCUT2D eigenvalue weighted by Crippen LogP contribution is -2.40. The molecular weight excluding hydrogens is 322 g/mol. The van der Waals surface area contributed by atoms with Gasteiger partial charge in [-0.3, -0.25) is 4.79 Å². The second-order valence-corrected chi connectivity index (χ2v) is 6.92. The summed E-state index contributed by atoms with van der Waals surface area (Å²) < 4.78 is 5.17. The average molecular weight is 345 g/mol. The van der Waals surface area contributed by atoms with E-state index in [1.165, 1.54) is 11.3 Å². The molecule has 1 aliphatic rings. The lowest BCUT2D eigenvalue weighted by atomic mass is 9.97. The number of piperidine rings is 1. The first-order valence-electron chi connectivity index (χ1n) is 8.25. The summed E-state index contributed by atoms with van der Waals surface area (Å²) in [4.78, 5) is 19.1. The molecule has 0 spiro atoms. The number of likely N-dealkylation sites (tertiary alicyclic amines) is 1. The Hall–Kier alpha value is -1.92. The van der Waals surface area contributed by atoms with Gasteiger partial charge in [-0.1, -0.05) is 0 Å². The smallest absolute Gasteiger partial charge is 0.273 e. The largest absolute Gasteiger partial charge is 0.497 e. The molecule has 2 aromatic rings. The number of hydrogen-bond acceptors (Lipinski definition) is 5. The number of rotatable bonds is 5. The van der Waals surface area contributed by atoms with Crippen molar-refractivity contribution in [2.75, 3.05) is 33.8 Å². The predicted octanol–water partition coefficient (Wildman–Crippen LogP) is 2.89. The van der Waals surface area contributed by atoms with E-state index >= 15 is 0 Å². The number of nitrogens with zero attached hydrogens (tertiary/aromatic N) is 2. The third-order valence-electron chi connectivity index (χ3n) is 4.45. The van der Waals surface area contributed by atoms with Crippen molar-refractivity contribution >= 4 is 17.2 Å². The number of amides is 1. The van der Waals surface area contributed by atoms with E-state index in [0.29, 0.717) is 11.6 Å². The highest BCUT2D eigenvalue weighted by Crippen LogP contribution is 2.27. The number of thiazole rings is 1. The van der Waals surface area contributed by atoms with Crippen molar-refractivity contribution in [1.29, 1.82) is 0 Å². The van der Waals surface area contributed by atoms with Crippen LogP contribution in [-0.4, -0.2) is 49.6 Å². The molecule has 0 atom stereocenters. The van der Waals surface area contributed by atoms with Crippen LogP contribution in [0.25, 0.3) is 10.6 Å². The summed E-state index contributed by atoms with van der Waals surface area (Å²) in [6, 6.07) is 7.75. The van der Waals surface area contributed by atoms with Crippen LogP contribution in [0.3, 0.4) is 0 Å². The maximum atomic E-state index is 12.6. The van der Waals surface area contributed by atoms with Crippen molar-refractivity contribution in [1.82, 2.24) is 15.2 Å². The minimum absolute atomic E-state index is 0.0499. The van der Waals surface area contributed by atoms with Crippen molar-refractivity contribution < 1.29 is 9.53 Å². The highest BCUT2D eigenvalue weighted by Gasteiger charge is 2.24. The Labute approximate surface area is 146 Å². The van der Waals surface area contributed by atoms with Crippen LogP contribution in [0.5, 0.6) is 5.75 Å². The zero-order valence-corrected chi connectivity index (χ0v) is 14.9. The zero-order valence-electron chi connectivity index (χ0n) is 14.1. The number of nitrogens with one attached hydrogen (secondary N) is 1. The van der Waals surface area contributed by atoms with Gasteiger partial charge in [-0.15, -0.1) is 11.3 Å². The second-order valence-electron chi connectivity index (χ2n) is 6.06. The van der Waals surface area contributed by atoms with Crippen molar-refractivity contribution in [3.8, 4) is 16.3 Å². The number of aromatic nitrogens is 1. The summed E-state index contributed by atoms with van der Waals surface area (Å²) in [5.41, 5.74) is 1.56. The third kappa shape index (κ3) is 3.76. The van der Waals surface area contributed by atoms with Crippen molar-refractivity contribution in [2.24, 2.45) is 5.92 Å². The topological polar surface area (TPSA) is 54.5 Å². The van der Waals surface area contributed by atoms with E-state index in [0.717, 1.165) is 48.8 Å². The Balaban J connectivity index is 1.65. The van der Waals surface area contributed by atoms with Crippen LogP contribution in [-0.2, 0) is 0 Å². The predicted molar refractivity (Wildman–Crippen MR) is 96.7 cm³/mol. The number of methoxy groups -OCH3 is 1. The molecule has 1 fully saturated rings. The van der Waals surface area contributed by atoms with Gasteiger partial charge >= 0.3 is 0 Å². The molecule has 1 N–H and O–H groups in total. The van der Waals surface area contributed by atoms with Crippen LogP contribution >= 0.6 is 11.3 Å². The van der Waals surface area contributed by atoms with E-state index in [1.807, 2.05) is 41.6 Å². The molecule has 0 saturated carbocycles. The Morgan fingerprint density at radius 3 is 2.67 bits per heavy atom. The molecule has 0 radical (unpaired) electrons. The summed E-state index contributed by atoms with van der Waals surface area (Å²) in [5.74, 6) is 1.54. The summed E-state index contributed by atoms with van der Waals surface area (Å²) in [6.45, 7) is 2.67. The van der Waals surface area contributed by atoms with E-state index in [9.17, 15) is 4.79 Å². The molecule has 2 heterocycles. The maximum Gasteiger partial charge on any atom is 0.273 e. The fourth-order valence-electron chi connectivity index (χ4n) is 3.03. The minimum Gasteiger partial charge on any atom is -0.497 e. The third-order valence-corrected chi connectivity index (χ3v) is 5.35. The number of ether oxygens (including phenoxy) is 1. The molecule has 3 rings (SSSR count). The monoisotopic (exact) mass is 345 g/mol. The molecule has 1 aliphatic heterocycles. The average Bonchev–Trinajstić information content (AvgIpc) is 3.12. The first-order chi connectivity index (χ1) is 11.7. The number of benzene rings is 1. The zero-order chi connectivity index (χ0) is 16.9. The van der Waals surface area contributed by atoms with Gasteiger partial charge < -0.3 is 15.0 Å². The van der Waals surface area contributed by atoms with Gasteiger partial charge in [0.1, 0.15) is 16.5 Å². The molecule has 0 aliphatic carbocycles. The summed E-state index contributed by atoms with van der Waals surface area (Å²) >= 11 is 1.51. The van der Waals surface area contributed by atoms with Crippen LogP contribution in [0.15, 0.2) is 29.6 Å². The first-order valence-corrected chi connectivity index (χ1v) is 9.13. The van der Waals surface area contributed by atoms with Crippen LogP contribution in [0.4, 0.5) is 0 Å². The highest BCUT2D eigenvalue weighted by atomic mass is 32.1. The number of carbonyl (C=O) groups is 1. The molecule has 0 bridgehead atoms. The lowest BCUT2D eigenvalue weighted by molar-refractivity contribution is 0.0686. The molecule has 6 heteroatoms. The molecule has 0 unspecified atom stereocenters. The Morgan fingerprint density at radius 1 is 1.33 bits per heavy atom. The van der Waals surface area contributed by atoms with Crippen LogP contribution < -0.4 is 10.1 Å². The molecule has 1 aromatic heterocycles. The summed E-state index contributed by atoms with van der Waals surface area (Å²) in [7, 11) is 3.63. The van der Waals surface area contributed by atoms with Crippen LogP contribution in [0.1, 0.15) is 23.3 Å². The van der Waals surface area contributed by atoms with Crippen molar-refractivity contribution in [2.45, 2.75) is 12.8 Å². The first kappa shape index (κ1) is 16.9. The summed E-state index contributed by atoms with van der Waals surface area (Å²) in [5, 5.41) is 5.95. The van der Waals surface area contributed by atoms with Gasteiger partial charge in [0.2, 0.25) is 0 Å². The van der Waals surface area contributed by atoms with Crippen molar-refractivity contribution in [3.63, 3.8) is 0 Å².